The van der Waals surface area contributed by atoms with E-state index in [4.69, 9.17) is 10.7 Å². The van der Waals surface area contributed by atoms with Crippen LogP contribution in [0.25, 0.3) is 0 Å². The lowest BCUT2D eigenvalue weighted by Gasteiger charge is -2.28. The molecule has 1 aromatic rings. The molecule has 1 fully saturated rings. The Hall–Kier alpha value is -1.13. The van der Waals surface area contributed by atoms with Gasteiger partial charge in [0.1, 0.15) is 5.82 Å². The maximum atomic E-state index is 5.80. The van der Waals surface area contributed by atoms with E-state index < -0.39 is 0 Å². The van der Waals surface area contributed by atoms with Gasteiger partial charge in [0, 0.05) is 31.4 Å². The molecule has 4 heteroatoms. The Labute approximate surface area is 116 Å². The van der Waals surface area contributed by atoms with E-state index in [1.54, 1.807) is 0 Å². The van der Waals surface area contributed by atoms with Crippen LogP contribution in [-0.4, -0.2) is 43.1 Å². The summed E-state index contributed by atoms with van der Waals surface area (Å²) in [5.41, 5.74) is 8.14. The molecule has 0 spiro atoms. The molecule has 2 heterocycles. The minimum atomic E-state index is 0.584. The molecule has 1 aliphatic heterocycles. The summed E-state index contributed by atoms with van der Waals surface area (Å²) in [6, 6.07) is 4.87. The quantitative estimate of drug-likeness (QED) is 0.876. The Bertz CT molecular complexity index is 394. The zero-order valence-electron chi connectivity index (χ0n) is 12.4. The molecule has 4 nitrogen and oxygen atoms in total. The van der Waals surface area contributed by atoms with Gasteiger partial charge in [0.25, 0.3) is 0 Å². The highest BCUT2D eigenvalue weighted by Gasteiger charge is 2.26. The Kier molecular flexibility index (Phi) is 4.77. The van der Waals surface area contributed by atoms with Crippen LogP contribution in [0.5, 0.6) is 0 Å². The second-order valence-electron chi connectivity index (χ2n) is 5.63. The maximum absolute atomic E-state index is 5.80. The van der Waals surface area contributed by atoms with Crippen LogP contribution in [0.15, 0.2) is 12.1 Å². The van der Waals surface area contributed by atoms with Crippen molar-refractivity contribution in [3.05, 3.63) is 23.4 Å². The SMILES string of the molecule is CCc1cc(CN)cc(N2CCCC2CN(C)C)n1. The van der Waals surface area contributed by atoms with E-state index in [-0.39, 0.29) is 0 Å². The second-order valence-corrected chi connectivity index (χ2v) is 5.63. The van der Waals surface area contributed by atoms with Crippen molar-refractivity contribution in [2.24, 2.45) is 5.73 Å². The summed E-state index contributed by atoms with van der Waals surface area (Å²) >= 11 is 0. The monoisotopic (exact) mass is 262 g/mol. The van der Waals surface area contributed by atoms with Gasteiger partial charge in [0.15, 0.2) is 0 Å². The molecule has 0 amide bonds. The lowest BCUT2D eigenvalue weighted by atomic mass is 10.1. The second kappa shape index (κ2) is 6.35. The van der Waals surface area contributed by atoms with Gasteiger partial charge in [-0.1, -0.05) is 6.92 Å². The predicted octanol–water partition coefficient (Wildman–Crippen LogP) is 1.63. The molecule has 1 aliphatic rings. The average Bonchev–Trinajstić information content (AvgIpc) is 2.85. The first-order chi connectivity index (χ1) is 9.13. The van der Waals surface area contributed by atoms with Crippen LogP contribution in [0.4, 0.5) is 5.82 Å². The van der Waals surface area contributed by atoms with Crippen LogP contribution in [0.2, 0.25) is 0 Å². The number of aromatic nitrogens is 1. The number of pyridine rings is 1. The molecule has 106 valence electrons. The summed E-state index contributed by atoms with van der Waals surface area (Å²) in [4.78, 5) is 9.51. The first-order valence-electron chi connectivity index (χ1n) is 7.25. The van der Waals surface area contributed by atoms with Crippen LogP contribution in [-0.2, 0) is 13.0 Å². The first-order valence-corrected chi connectivity index (χ1v) is 7.25. The number of aryl methyl sites for hydroxylation is 1. The number of rotatable bonds is 5. The van der Waals surface area contributed by atoms with Gasteiger partial charge in [-0.15, -0.1) is 0 Å². The zero-order valence-corrected chi connectivity index (χ0v) is 12.4. The van der Waals surface area contributed by atoms with Gasteiger partial charge in [0.2, 0.25) is 0 Å². The summed E-state index contributed by atoms with van der Waals surface area (Å²) in [6.45, 7) is 4.95. The maximum Gasteiger partial charge on any atom is 0.129 e. The van der Waals surface area contributed by atoms with Crippen molar-refractivity contribution in [3.63, 3.8) is 0 Å². The molecule has 0 aromatic carbocycles. The van der Waals surface area contributed by atoms with E-state index in [1.165, 1.54) is 18.4 Å². The number of hydrogen-bond acceptors (Lipinski definition) is 4. The van der Waals surface area contributed by atoms with Crippen LogP contribution in [0.1, 0.15) is 31.0 Å². The molecule has 1 aromatic heterocycles. The van der Waals surface area contributed by atoms with Gasteiger partial charge < -0.3 is 15.5 Å². The van der Waals surface area contributed by atoms with Gasteiger partial charge in [-0.05, 0) is 51.1 Å². The van der Waals surface area contributed by atoms with Crippen molar-refractivity contribution in [3.8, 4) is 0 Å². The van der Waals surface area contributed by atoms with Crippen molar-refractivity contribution >= 4 is 5.82 Å². The number of likely N-dealkylation sites (N-methyl/N-ethyl adjacent to an activating group) is 1. The molecule has 0 bridgehead atoms. The highest BCUT2D eigenvalue weighted by Crippen LogP contribution is 2.25. The van der Waals surface area contributed by atoms with Crippen molar-refractivity contribution < 1.29 is 0 Å². The van der Waals surface area contributed by atoms with E-state index in [0.29, 0.717) is 12.6 Å². The minimum absolute atomic E-state index is 0.584. The van der Waals surface area contributed by atoms with Crippen LogP contribution >= 0.6 is 0 Å². The fourth-order valence-corrected chi connectivity index (χ4v) is 2.83. The van der Waals surface area contributed by atoms with Crippen molar-refractivity contribution in [1.82, 2.24) is 9.88 Å². The number of nitrogens with zero attached hydrogens (tertiary/aromatic N) is 3. The van der Waals surface area contributed by atoms with E-state index >= 15 is 0 Å². The third kappa shape index (κ3) is 3.45. The van der Waals surface area contributed by atoms with E-state index in [1.807, 2.05) is 0 Å². The van der Waals surface area contributed by atoms with Crippen molar-refractivity contribution in [2.75, 3.05) is 32.1 Å². The third-order valence-electron chi connectivity index (χ3n) is 3.77. The fraction of sp³-hybridized carbons (Fsp3) is 0.667. The summed E-state index contributed by atoms with van der Waals surface area (Å²) in [7, 11) is 4.27. The van der Waals surface area contributed by atoms with E-state index in [2.05, 4.69) is 43.0 Å². The Morgan fingerprint density at radius 1 is 1.42 bits per heavy atom. The molecular weight excluding hydrogens is 236 g/mol. The zero-order chi connectivity index (χ0) is 13.8. The van der Waals surface area contributed by atoms with Gasteiger partial charge in [-0.25, -0.2) is 4.98 Å². The molecule has 0 saturated carbocycles. The molecule has 1 unspecified atom stereocenters. The van der Waals surface area contributed by atoms with Crippen molar-refractivity contribution in [1.29, 1.82) is 0 Å². The number of anilines is 1. The first kappa shape index (κ1) is 14.3. The van der Waals surface area contributed by atoms with E-state index in [9.17, 15) is 0 Å². The lowest BCUT2D eigenvalue weighted by Crippen LogP contribution is -2.38. The Balaban J connectivity index is 2.24. The van der Waals surface area contributed by atoms with Gasteiger partial charge >= 0.3 is 0 Å². The molecule has 0 aliphatic carbocycles. The van der Waals surface area contributed by atoms with Gasteiger partial charge in [0.05, 0.1) is 0 Å². The summed E-state index contributed by atoms with van der Waals surface area (Å²) in [5.74, 6) is 1.11. The van der Waals surface area contributed by atoms with Gasteiger partial charge in [-0.3, -0.25) is 0 Å². The Morgan fingerprint density at radius 2 is 2.21 bits per heavy atom. The summed E-state index contributed by atoms with van der Waals surface area (Å²) in [5, 5.41) is 0. The molecule has 19 heavy (non-hydrogen) atoms. The molecular formula is C15H26N4. The average molecular weight is 262 g/mol. The summed E-state index contributed by atoms with van der Waals surface area (Å²) in [6.07, 6.45) is 3.48. The number of hydrogen-bond donors (Lipinski definition) is 1. The molecule has 2 rings (SSSR count). The Morgan fingerprint density at radius 3 is 2.84 bits per heavy atom. The highest BCUT2D eigenvalue weighted by molar-refractivity contribution is 5.45. The van der Waals surface area contributed by atoms with Crippen LogP contribution < -0.4 is 10.6 Å². The molecule has 1 saturated heterocycles. The lowest BCUT2D eigenvalue weighted by molar-refractivity contribution is 0.371. The topological polar surface area (TPSA) is 45.4 Å². The van der Waals surface area contributed by atoms with Crippen LogP contribution in [0, 0.1) is 0 Å². The normalized spacial score (nSPS) is 19.4. The summed E-state index contributed by atoms with van der Waals surface area (Å²) < 4.78 is 0. The van der Waals surface area contributed by atoms with Crippen molar-refractivity contribution in [2.45, 2.75) is 38.8 Å². The largest absolute Gasteiger partial charge is 0.352 e. The fourth-order valence-electron chi connectivity index (χ4n) is 2.83. The predicted molar refractivity (Wildman–Crippen MR) is 80.4 cm³/mol. The number of nitrogens with two attached hydrogens (primary N) is 1. The smallest absolute Gasteiger partial charge is 0.129 e. The van der Waals surface area contributed by atoms with E-state index in [0.717, 1.165) is 31.0 Å². The molecule has 0 radical (unpaired) electrons. The minimum Gasteiger partial charge on any atom is -0.352 e. The standard InChI is InChI=1S/C15H26N4/c1-4-13-8-12(10-16)9-15(17-13)19-7-5-6-14(19)11-18(2)3/h8-9,14H,4-7,10-11,16H2,1-3H3. The highest BCUT2D eigenvalue weighted by atomic mass is 15.3. The molecule has 2 N–H and O–H groups in total. The third-order valence-corrected chi connectivity index (χ3v) is 3.77. The molecule has 1 atom stereocenters. The van der Waals surface area contributed by atoms with Crippen LogP contribution in [0.3, 0.4) is 0 Å². The van der Waals surface area contributed by atoms with Gasteiger partial charge in [-0.2, -0.15) is 0 Å².